The molecule has 0 radical (unpaired) electrons. The van der Waals surface area contributed by atoms with Crippen LogP contribution in [0.1, 0.15) is 58.7 Å². The summed E-state index contributed by atoms with van der Waals surface area (Å²) < 4.78 is 3.66. The van der Waals surface area contributed by atoms with Gasteiger partial charge in [0.25, 0.3) is 5.56 Å². The van der Waals surface area contributed by atoms with Crippen LogP contribution in [0.5, 0.6) is 0 Å². The Balaban J connectivity index is 2.07. The summed E-state index contributed by atoms with van der Waals surface area (Å²) in [4.78, 5) is 34.6. The van der Waals surface area contributed by atoms with E-state index < -0.39 is 0 Å². The number of unbranched alkanes of at least 4 members (excludes halogenated alkanes) is 1. The topological polar surface area (TPSA) is 75.9 Å². The standard InChI is InChI=1S/C19H31N5O2/c1-4-6-11-24-17-16(18(25)21-19(24)26)23(9-5-2)15(20-17)13-22-10-7-8-14(3)12-22/h14H,4-13H2,1-3H3,(H,21,25,26)/t14-/m0/s1. The number of fused-ring (bicyclic) bond motifs is 1. The number of nitrogens with one attached hydrogen (secondary N) is 1. The zero-order chi connectivity index (χ0) is 18.7. The molecule has 3 heterocycles. The molecule has 0 spiro atoms. The van der Waals surface area contributed by atoms with Crippen molar-refractivity contribution in [2.24, 2.45) is 5.92 Å². The van der Waals surface area contributed by atoms with Gasteiger partial charge in [0.05, 0.1) is 6.54 Å². The Morgan fingerprint density at radius 1 is 1.15 bits per heavy atom. The lowest BCUT2D eigenvalue weighted by Gasteiger charge is -2.30. The number of aryl methyl sites for hydroxylation is 2. The SMILES string of the molecule is CCCCn1c(=O)[nH]c(=O)c2c1nc(CN1CCC[C@H](C)C1)n2CCC. The van der Waals surface area contributed by atoms with Crippen molar-refractivity contribution in [2.45, 2.75) is 72.5 Å². The van der Waals surface area contributed by atoms with E-state index in [1.54, 1.807) is 4.57 Å². The zero-order valence-electron chi connectivity index (χ0n) is 16.3. The number of hydrogen-bond donors (Lipinski definition) is 1. The van der Waals surface area contributed by atoms with Crippen molar-refractivity contribution in [1.82, 2.24) is 24.0 Å². The molecule has 0 saturated carbocycles. The van der Waals surface area contributed by atoms with Crippen LogP contribution in [0.25, 0.3) is 11.2 Å². The maximum absolute atomic E-state index is 12.5. The van der Waals surface area contributed by atoms with Gasteiger partial charge in [-0.15, -0.1) is 0 Å². The molecule has 144 valence electrons. The Kier molecular flexibility index (Phi) is 5.96. The molecule has 0 amide bonds. The normalized spacial score (nSPS) is 18.7. The van der Waals surface area contributed by atoms with Crippen LogP contribution < -0.4 is 11.2 Å². The van der Waals surface area contributed by atoms with Crippen LogP contribution in [0.3, 0.4) is 0 Å². The van der Waals surface area contributed by atoms with E-state index in [0.717, 1.165) is 51.3 Å². The number of likely N-dealkylation sites (tertiary alicyclic amines) is 1. The molecule has 2 aromatic heterocycles. The van der Waals surface area contributed by atoms with Gasteiger partial charge in [-0.3, -0.25) is 19.2 Å². The monoisotopic (exact) mass is 361 g/mol. The summed E-state index contributed by atoms with van der Waals surface area (Å²) in [6.07, 6.45) is 5.28. The highest BCUT2D eigenvalue weighted by molar-refractivity contribution is 5.71. The average molecular weight is 361 g/mol. The van der Waals surface area contributed by atoms with Gasteiger partial charge in [-0.05, 0) is 38.1 Å². The maximum Gasteiger partial charge on any atom is 0.330 e. The lowest BCUT2D eigenvalue weighted by molar-refractivity contribution is 0.171. The summed E-state index contributed by atoms with van der Waals surface area (Å²) in [6, 6.07) is 0. The fraction of sp³-hybridized carbons (Fsp3) is 0.737. The van der Waals surface area contributed by atoms with Gasteiger partial charge in [0.2, 0.25) is 0 Å². The minimum absolute atomic E-state index is 0.322. The van der Waals surface area contributed by atoms with E-state index in [-0.39, 0.29) is 11.2 Å². The van der Waals surface area contributed by atoms with Crippen LogP contribution in [0.4, 0.5) is 0 Å². The number of rotatable bonds is 7. The van der Waals surface area contributed by atoms with E-state index in [0.29, 0.717) is 23.6 Å². The number of nitrogens with zero attached hydrogens (tertiary/aromatic N) is 4. The van der Waals surface area contributed by atoms with Gasteiger partial charge in [-0.25, -0.2) is 9.78 Å². The van der Waals surface area contributed by atoms with Gasteiger partial charge in [-0.1, -0.05) is 27.2 Å². The molecule has 1 atom stereocenters. The maximum atomic E-state index is 12.5. The molecule has 1 N–H and O–H groups in total. The fourth-order valence-electron chi connectivity index (χ4n) is 3.96. The van der Waals surface area contributed by atoms with E-state index in [2.05, 4.69) is 30.7 Å². The van der Waals surface area contributed by atoms with Crippen LogP contribution in [0.15, 0.2) is 9.59 Å². The molecular formula is C19H31N5O2. The van der Waals surface area contributed by atoms with Crippen molar-refractivity contribution in [3.05, 3.63) is 26.7 Å². The minimum atomic E-state index is -0.352. The van der Waals surface area contributed by atoms with Gasteiger partial charge >= 0.3 is 5.69 Å². The van der Waals surface area contributed by atoms with E-state index in [1.165, 1.54) is 12.8 Å². The number of imidazole rings is 1. The molecule has 0 unspecified atom stereocenters. The van der Waals surface area contributed by atoms with Crippen molar-refractivity contribution >= 4 is 11.2 Å². The van der Waals surface area contributed by atoms with Crippen molar-refractivity contribution in [1.29, 1.82) is 0 Å². The highest BCUT2D eigenvalue weighted by Gasteiger charge is 2.22. The number of H-pyrrole nitrogens is 1. The van der Waals surface area contributed by atoms with E-state index in [1.807, 2.05) is 4.57 Å². The number of aromatic nitrogens is 4. The molecule has 0 bridgehead atoms. The molecular weight excluding hydrogens is 330 g/mol. The van der Waals surface area contributed by atoms with Gasteiger partial charge < -0.3 is 4.57 Å². The van der Waals surface area contributed by atoms with E-state index in [4.69, 9.17) is 4.98 Å². The summed E-state index contributed by atoms with van der Waals surface area (Å²) >= 11 is 0. The minimum Gasteiger partial charge on any atom is -0.321 e. The van der Waals surface area contributed by atoms with Gasteiger partial charge in [0, 0.05) is 19.6 Å². The highest BCUT2D eigenvalue weighted by atomic mass is 16.2. The number of hydrogen-bond acceptors (Lipinski definition) is 4. The Bertz CT molecular complexity index is 863. The first kappa shape index (κ1) is 18.9. The van der Waals surface area contributed by atoms with Gasteiger partial charge in [-0.2, -0.15) is 0 Å². The molecule has 3 rings (SSSR count). The first-order valence-electron chi connectivity index (χ1n) is 9.99. The highest BCUT2D eigenvalue weighted by Crippen LogP contribution is 2.20. The van der Waals surface area contributed by atoms with Gasteiger partial charge in [0.1, 0.15) is 5.82 Å². The number of aromatic amines is 1. The Labute approximate surface area is 154 Å². The second-order valence-corrected chi connectivity index (χ2v) is 7.60. The second-order valence-electron chi connectivity index (χ2n) is 7.60. The first-order chi connectivity index (χ1) is 12.5. The van der Waals surface area contributed by atoms with Crippen LogP contribution in [-0.4, -0.2) is 37.1 Å². The summed E-state index contributed by atoms with van der Waals surface area (Å²) in [5.74, 6) is 1.59. The fourth-order valence-corrected chi connectivity index (χ4v) is 3.96. The molecule has 7 heteroatoms. The first-order valence-corrected chi connectivity index (χ1v) is 9.99. The quantitative estimate of drug-likeness (QED) is 0.821. The summed E-state index contributed by atoms with van der Waals surface area (Å²) in [7, 11) is 0. The molecule has 7 nitrogen and oxygen atoms in total. The van der Waals surface area contributed by atoms with Crippen molar-refractivity contribution in [2.75, 3.05) is 13.1 Å². The third-order valence-electron chi connectivity index (χ3n) is 5.25. The van der Waals surface area contributed by atoms with Crippen LogP contribution in [-0.2, 0) is 19.6 Å². The van der Waals surface area contributed by atoms with Crippen LogP contribution >= 0.6 is 0 Å². The van der Waals surface area contributed by atoms with Crippen molar-refractivity contribution < 1.29 is 0 Å². The predicted octanol–water partition coefficient (Wildman–Crippen LogP) is 2.33. The Hall–Kier alpha value is -1.89. The van der Waals surface area contributed by atoms with E-state index in [9.17, 15) is 9.59 Å². The lowest BCUT2D eigenvalue weighted by atomic mass is 10.0. The van der Waals surface area contributed by atoms with Crippen LogP contribution in [0.2, 0.25) is 0 Å². The second kappa shape index (κ2) is 8.20. The predicted molar refractivity (Wildman–Crippen MR) is 103 cm³/mol. The third kappa shape index (κ3) is 3.77. The summed E-state index contributed by atoms with van der Waals surface area (Å²) in [5.41, 5.74) is 0.413. The molecule has 1 aliphatic rings. The molecule has 1 saturated heterocycles. The lowest BCUT2D eigenvalue weighted by Crippen LogP contribution is -2.34. The third-order valence-corrected chi connectivity index (χ3v) is 5.25. The van der Waals surface area contributed by atoms with Crippen LogP contribution in [0, 0.1) is 5.92 Å². The molecule has 0 aliphatic carbocycles. The zero-order valence-corrected chi connectivity index (χ0v) is 16.3. The van der Waals surface area contributed by atoms with Gasteiger partial charge in [0.15, 0.2) is 11.2 Å². The Morgan fingerprint density at radius 3 is 2.65 bits per heavy atom. The molecule has 1 fully saturated rings. The molecule has 0 aromatic carbocycles. The van der Waals surface area contributed by atoms with Crippen molar-refractivity contribution in [3.8, 4) is 0 Å². The summed E-state index contributed by atoms with van der Waals surface area (Å²) in [5, 5.41) is 0. The Morgan fingerprint density at radius 2 is 1.96 bits per heavy atom. The molecule has 1 aliphatic heterocycles. The average Bonchev–Trinajstić information content (AvgIpc) is 2.94. The molecule has 2 aromatic rings. The summed E-state index contributed by atoms with van der Waals surface area (Å²) in [6.45, 7) is 10.7. The smallest absolute Gasteiger partial charge is 0.321 e. The number of piperidine rings is 1. The molecule has 26 heavy (non-hydrogen) atoms. The largest absolute Gasteiger partial charge is 0.330 e. The van der Waals surface area contributed by atoms with E-state index >= 15 is 0 Å². The van der Waals surface area contributed by atoms with Crippen molar-refractivity contribution in [3.63, 3.8) is 0 Å².